The average molecular weight is 517 g/mol. The van der Waals surface area contributed by atoms with Crippen LogP contribution in [0.5, 0.6) is 0 Å². The van der Waals surface area contributed by atoms with Crippen LogP contribution in [0, 0.1) is 0 Å². The lowest BCUT2D eigenvalue weighted by molar-refractivity contribution is 0.0972. The summed E-state index contributed by atoms with van der Waals surface area (Å²) in [6.07, 6.45) is 2.52. The van der Waals surface area contributed by atoms with Crippen LogP contribution in [-0.2, 0) is 6.54 Å². The largest absolute Gasteiger partial charge is 0.454 e. The number of nitrogens with one attached hydrogen (secondary N) is 2. The molecule has 3 heterocycles. The van der Waals surface area contributed by atoms with Crippen LogP contribution >= 0.6 is 35.3 Å². The molecule has 1 amide bonds. The van der Waals surface area contributed by atoms with Gasteiger partial charge < -0.3 is 20.8 Å². The van der Waals surface area contributed by atoms with Gasteiger partial charge in [0, 0.05) is 18.0 Å². The SMILES string of the molecule is CCNC(=NCc1ccc(C(N)=O)o1)NCC(c1cccs1)N1CCCC1.I. The molecule has 7 nitrogen and oxygen atoms in total. The minimum Gasteiger partial charge on any atom is -0.454 e. The summed E-state index contributed by atoms with van der Waals surface area (Å²) in [7, 11) is 0. The van der Waals surface area contributed by atoms with E-state index in [1.807, 2.05) is 6.92 Å². The van der Waals surface area contributed by atoms with E-state index in [1.54, 1.807) is 23.5 Å². The number of aliphatic imine (C=N–C) groups is 1. The van der Waals surface area contributed by atoms with Crippen LogP contribution in [0.1, 0.15) is 47.0 Å². The van der Waals surface area contributed by atoms with Crippen molar-refractivity contribution in [2.75, 3.05) is 26.2 Å². The number of carbonyl (C=O) groups is 1. The number of amides is 1. The zero-order valence-electron chi connectivity index (χ0n) is 16.0. The summed E-state index contributed by atoms with van der Waals surface area (Å²) in [6, 6.07) is 7.96. The Bertz CT molecular complexity index is 756. The maximum Gasteiger partial charge on any atom is 0.284 e. The molecule has 0 bridgehead atoms. The predicted molar refractivity (Wildman–Crippen MR) is 123 cm³/mol. The summed E-state index contributed by atoms with van der Waals surface area (Å²) in [5, 5.41) is 8.85. The standard InChI is InChI=1S/C19H27N5O2S.HI/c1-2-21-19(22-12-14-7-8-16(26-14)18(20)25)23-13-15(17-6-5-11-27-17)24-9-3-4-10-24;/h5-8,11,15H,2-4,9-10,12-13H2,1H3,(H2,20,25)(H2,21,22,23);1H. The van der Waals surface area contributed by atoms with Crippen molar-refractivity contribution in [1.29, 1.82) is 0 Å². The number of nitrogens with zero attached hydrogens (tertiary/aromatic N) is 2. The second-order valence-electron chi connectivity index (χ2n) is 6.48. The molecule has 2 aromatic heterocycles. The molecule has 9 heteroatoms. The van der Waals surface area contributed by atoms with Crippen molar-refractivity contribution < 1.29 is 9.21 Å². The first-order valence-corrected chi connectivity index (χ1v) is 10.2. The van der Waals surface area contributed by atoms with Crippen LogP contribution in [0.25, 0.3) is 0 Å². The third kappa shape index (κ3) is 6.21. The fourth-order valence-corrected chi connectivity index (χ4v) is 4.09. The van der Waals surface area contributed by atoms with E-state index in [0.29, 0.717) is 18.3 Å². The van der Waals surface area contributed by atoms with Crippen LogP contribution in [-0.4, -0.2) is 42.9 Å². The van der Waals surface area contributed by atoms with Crippen LogP contribution in [0.3, 0.4) is 0 Å². The zero-order valence-corrected chi connectivity index (χ0v) is 19.2. The van der Waals surface area contributed by atoms with Crippen LogP contribution in [0.15, 0.2) is 39.1 Å². The van der Waals surface area contributed by atoms with Crippen molar-refractivity contribution in [3.05, 3.63) is 46.0 Å². The molecule has 1 unspecified atom stereocenters. The lowest BCUT2D eigenvalue weighted by Crippen LogP contribution is -2.42. The Labute approximate surface area is 186 Å². The highest BCUT2D eigenvalue weighted by molar-refractivity contribution is 14.0. The molecule has 0 aromatic carbocycles. The predicted octanol–water partition coefficient (Wildman–Crippen LogP) is 2.95. The van der Waals surface area contributed by atoms with Gasteiger partial charge in [-0.25, -0.2) is 4.99 Å². The number of hydrogen-bond donors (Lipinski definition) is 3. The van der Waals surface area contributed by atoms with Gasteiger partial charge in [0.05, 0.1) is 6.04 Å². The van der Waals surface area contributed by atoms with Gasteiger partial charge in [0.2, 0.25) is 0 Å². The summed E-state index contributed by atoms with van der Waals surface area (Å²) in [4.78, 5) is 19.6. The lowest BCUT2D eigenvalue weighted by Gasteiger charge is -2.27. The molecule has 3 rings (SSSR count). The van der Waals surface area contributed by atoms with Crippen molar-refractivity contribution in [3.8, 4) is 0 Å². The summed E-state index contributed by atoms with van der Waals surface area (Å²) >= 11 is 1.80. The molecule has 1 fully saturated rings. The first kappa shape index (κ1) is 22.7. The molecule has 0 spiro atoms. The molecule has 28 heavy (non-hydrogen) atoms. The fraction of sp³-hybridized carbons (Fsp3) is 0.474. The van der Waals surface area contributed by atoms with E-state index in [1.165, 1.54) is 17.7 Å². The maximum absolute atomic E-state index is 11.1. The number of likely N-dealkylation sites (tertiary alicyclic amines) is 1. The quantitative estimate of drug-likeness (QED) is 0.284. The highest BCUT2D eigenvalue weighted by Crippen LogP contribution is 2.27. The van der Waals surface area contributed by atoms with Gasteiger partial charge in [0.25, 0.3) is 5.91 Å². The number of carbonyl (C=O) groups excluding carboxylic acids is 1. The third-order valence-electron chi connectivity index (χ3n) is 4.56. The van der Waals surface area contributed by atoms with Gasteiger partial charge in [-0.15, -0.1) is 35.3 Å². The maximum atomic E-state index is 11.1. The number of nitrogens with two attached hydrogens (primary N) is 1. The zero-order chi connectivity index (χ0) is 19.1. The molecule has 0 saturated carbocycles. The van der Waals surface area contributed by atoms with E-state index in [0.717, 1.165) is 32.1 Å². The number of hydrogen-bond acceptors (Lipinski definition) is 5. The van der Waals surface area contributed by atoms with Gasteiger partial charge >= 0.3 is 0 Å². The van der Waals surface area contributed by atoms with Gasteiger partial charge in [0.1, 0.15) is 12.3 Å². The first-order valence-electron chi connectivity index (χ1n) is 9.35. The Morgan fingerprint density at radius 3 is 2.71 bits per heavy atom. The van der Waals surface area contributed by atoms with Crippen molar-refractivity contribution in [2.45, 2.75) is 32.4 Å². The Balaban J connectivity index is 0.00000280. The van der Waals surface area contributed by atoms with Gasteiger partial charge in [-0.2, -0.15) is 0 Å². The van der Waals surface area contributed by atoms with Crippen LogP contribution < -0.4 is 16.4 Å². The van der Waals surface area contributed by atoms with Gasteiger partial charge in [-0.05, 0) is 56.4 Å². The summed E-state index contributed by atoms with van der Waals surface area (Å²) in [5.41, 5.74) is 5.22. The molecule has 154 valence electrons. The molecule has 1 aliphatic heterocycles. The van der Waals surface area contributed by atoms with Gasteiger partial charge in [-0.3, -0.25) is 9.69 Å². The average Bonchev–Trinajstić information content (AvgIpc) is 3.42. The monoisotopic (exact) mass is 517 g/mol. The number of guanidine groups is 1. The second-order valence-corrected chi connectivity index (χ2v) is 7.46. The first-order chi connectivity index (χ1) is 13.2. The number of halogens is 1. The molecule has 4 N–H and O–H groups in total. The van der Waals surface area contributed by atoms with Gasteiger partial charge in [0.15, 0.2) is 11.7 Å². The lowest BCUT2D eigenvalue weighted by atomic mass is 10.2. The summed E-state index contributed by atoms with van der Waals surface area (Å²) in [6.45, 7) is 6.21. The minimum absolute atomic E-state index is 0. The highest BCUT2D eigenvalue weighted by Gasteiger charge is 2.24. The van der Waals surface area contributed by atoms with Crippen LogP contribution in [0.4, 0.5) is 0 Å². The third-order valence-corrected chi connectivity index (χ3v) is 5.53. The molecule has 1 atom stereocenters. The van der Waals surface area contributed by atoms with E-state index in [-0.39, 0.29) is 29.7 Å². The minimum atomic E-state index is -0.570. The van der Waals surface area contributed by atoms with Crippen molar-refractivity contribution in [2.24, 2.45) is 10.7 Å². The molecule has 2 aromatic rings. The smallest absolute Gasteiger partial charge is 0.284 e. The van der Waals surface area contributed by atoms with Crippen molar-refractivity contribution in [1.82, 2.24) is 15.5 Å². The number of furan rings is 1. The van der Waals surface area contributed by atoms with E-state index in [2.05, 4.69) is 38.0 Å². The summed E-state index contributed by atoms with van der Waals surface area (Å²) in [5.74, 6) is 0.926. The topological polar surface area (TPSA) is 95.9 Å². The number of primary amides is 1. The Kier molecular flexibility index (Phi) is 9.26. The number of thiophene rings is 1. The second kappa shape index (κ2) is 11.4. The molecule has 0 radical (unpaired) electrons. The molecular weight excluding hydrogens is 489 g/mol. The summed E-state index contributed by atoms with van der Waals surface area (Å²) < 4.78 is 5.40. The Morgan fingerprint density at radius 2 is 2.11 bits per heavy atom. The van der Waals surface area contributed by atoms with E-state index in [9.17, 15) is 4.79 Å². The van der Waals surface area contributed by atoms with Crippen molar-refractivity contribution >= 4 is 47.2 Å². The van der Waals surface area contributed by atoms with E-state index in [4.69, 9.17) is 10.2 Å². The number of rotatable bonds is 8. The Morgan fingerprint density at radius 1 is 1.32 bits per heavy atom. The van der Waals surface area contributed by atoms with Gasteiger partial charge in [-0.1, -0.05) is 6.07 Å². The molecule has 1 aliphatic rings. The van der Waals surface area contributed by atoms with Crippen LogP contribution in [0.2, 0.25) is 0 Å². The van der Waals surface area contributed by atoms with E-state index < -0.39 is 5.91 Å². The van der Waals surface area contributed by atoms with E-state index >= 15 is 0 Å². The Hall–Kier alpha value is -1.59. The molecule has 0 aliphatic carbocycles. The fourth-order valence-electron chi connectivity index (χ4n) is 3.23. The normalized spacial score (nSPS) is 15.8. The molecule has 1 saturated heterocycles. The highest BCUT2D eigenvalue weighted by atomic mass is 127. The van der Waals surface area contributed by atoms with Crippen molar-refractivity contribution in [3.63, 3.8) is 0 Å². The molecular formula is C19H28IN5O2S.